The van der Waals surface area contributed by atoms with Crippen LogP contribution in [-0.2, 0) is 32.6 Å². The molecular weight excluding hydrogens is 661 g/mol. The van der Waals surface area contributed by atoms with Crippen molar-refractivity contribution in [3.05, 3.63) is 98.6 Å². The molecule has 40 heavy (non-hydrogen) atoms. The minimum absolute atomic E-state index is 0.0540. The van der Waals surface area contributed by atoms with E-state index in [4.69, 9.17) is 11.6 Å². The minimum Gasteiger partial charge on any atom is -0.352 e. The van der Waals surface area contributed by atoms with Gasteiger partial charge in [0.05, 0.1) is 11.9 Å². The molecule has 0 heterocycles. The predicted molar refractivity (Wildman–Crippen MR) is 168 cm³/mol. The highest BCUT2D eigenvalue weighted by atomic mass is 127. The Bertz CT molecular complexity index is 1410. The van der Waals surface area contributed by atoms with Crippen molar-refractivity contribution in [3.8, 4) is 0 Å². The predicted octanol–water partition coefficient (Wildman–Crippen LogP) is 5.41. The molecule has 1 saturated carbocycles. The molecule has 212 valence electrons. The van der Waals surface area contributed by atoms with Crippen molar-refractivity contribution in [2.45, 2.75) is 50.7 Å². The number of amides is 2. The third-order valence-electron chi connectivity index (χ3n) is 7.06. The Morgan fingerprint density at radius 1 is 0.975 bits per heavy atom. The number of carbonyl (C=O) groups excluding carboxylic acids is 2. The van der Waals surface area contributed by atoms with Gasteiger partial charge in [-0.3, -0.25) is 13.9 Å². The molecular formula is C30H33ClIN3O4S. The number of nitrogens with one attached hydrogen (secondary N) is 1. The molecule has 0 bridgehead atoms. The van der Waals surface area contributed by atoms with Crippen LogP contribution in [0.3, 0.4) is 0 Å². The van der Waals surface area contributed by atoms with E-state index in [0.717, 1.165) is 45.4 Å². The fraction of sp³-hybridized carbons (Fsp3) is 0.333. The van der Waals surface area contributed by atoms with Crippen molar-refractivity contribution in [1.82, 2.24) is 10.2 Å². The van der Waals surface area contributed by atoms with Crippen LogP contribution in [0.1, 0.15) is 36.8 Å². The summed E-state index contributed by atoms with van der Waals surface area (Å²) in [5, 5.41) is 3.62. The normalized spacial score (nSPS) is 14.5. The number of carbonyl (C=O) groups is 2. The standard InChI is InChI=1S/C30H33ClIN3O4S/c1-40(38,39)35(26-17-15-24(32)16-18-26)21-29(36)34(20-23-11-5-8-14-27(23)31)28(19-22-9-3-2-4-10-22)30(37)33-25-12-6-7-13-25/h2-5,8-11,14-18,25,28H,6-7,12-13,19-21H2,1H3,(H,33,37)/t28-/m0/s1. The number of halogens is 2. The summed E-state index contributed by atoms with van der Waals surface area (Å²) in [4.78, 5) is 29.4. The van der Waals surface area contributed by atoms with E-state index < -0.39 is 28.5 Å². The summed E-state index contributed by atoms with van der Waals surface area (Å²) in [6, 6.07) is 22.8. The maximum atomic E-state index is 14.1. The highest BCUT2D eigenvalue weighted by Crippen LogP contribution is 2.24. The first-order chi connectivity index (χ1) is 19.1. The van der Waals surface area contributed by atoms with Gasteiger partial charge in [-0.2, -0.15) is 0 Å². The second kappa shape index (κ2) is 13.8. The molecule has 0 aromatic heterocycles. The van der Waals surface area contributed by atoms with Crippen LogP contribution in [0.5, 0.6) is 0 Å². The zero-order chi connectivity index (χ0) is 28.7. The zero-order valence-corrected chi connectivity index (χ0v) is 26.0. The summed E-state index contributed by atoms with van der Waals surface area (Å²) in [7, 11) is -3.81. The van der Waals surface area contributed by atoms with Gasteiger partial charge in [0.1, 0.15) is 12.6 Å². The number of hydrogen-bond donors (Lipinski definition) is 1. The van der Waals surface area contributed by atoms with Crippen LogP contribution in [0.15, 0.2) is 78.9 Å². The highest BCUT2D eigenvalue weighted by molar-refractivity contribution is 14.1. The maximum absolute atomic E-state index is 14.1. The zero-order valence-electron chi connectivity index (χ0n) is 22.3. The molecule has 0 spiro atoms. The van der Waals surface area contributed by atoms with Gasteiger partial charge in [0.25, 0.3) is 0 Å². The molecule has 1 N–H and O–H groups in total. The van der Waals surface area contributed by atoms with Crippen molar-refractivity contribution in [2.24, 2.45) is 0 Å². The summed E-state index contributed by atoms with van der Waals surface area (Å²) in [6.07, 6.45) is 5.25. The Morgan fingerprint density at radius 3 is 2.23 bits per heavy atom. The molecule has 7 nitrogen and oxygen atoms in total. The minimum atomic E-state index is -3.81. The molecule has 0 saturated heterocycles. The van der Waals surface area contributed by atoms with E-state index >= 15 is 0 Å². The van der Waals surface area contributed by atoms with Gasteiger partial charge < -0.3 is 10.2 Å². The number of rotatable bonds is 11. The van der Waals surface area contributed by atoms with E-state index in [1.807, 2.05) is 42.5 Å². The molecule has 1 atom stereocenters. The maximum Gasteiger partial charge on any atom is 0.244 e. The Morgan fingerprint density at radius 2 is 1.60 bits per heavy atom. The van der Waals surface area contributed by atoms with Crippen LogP contribution in [-0.4, -0.2) is 50.0 Å². The van der Waals surface area contributed by atoms with Crippen molar-refractivity contribution in [3.63, 3.8) is 0 Å². The molecule has 10 heteroatoms. The Hall–Kier alpha value is -2.63. The lowest BCUT2D eigenvalue weighted by atomic mass is 10.0. The third kappa shape index (κ3) is 8.20. The number of benzene rings is 3. The molecule has 4 rings (SSSR count). The molecule has 0 aliphatic heterocycles. The summed E-state index contributed by atoms with van der Waals surface area (Å²) in [5.41, 5.74) is 1.94. The van der Waals surface area contributed by atoms with Gasteiger partial charge in [-0.15, -0.1) is 0 Å². The van der Waals surface area contributed by atoms with Crippen molar-refractivity contribution >= 4 is 61.7 Å². The topological polar surface area (TPSA) is 86.8 Å². The van der Waals surface area contributed by atoms with Gasteiger partial charge in [0, 0.05) is 27.6 Å². The summed E-state index contributed by atoms with van der Waals surface area (Å²) < 4.78 is 27.8. The molecule has 0 radical (unpaired) electrons. The summed E-state index contributed by atoms with van der Waals surface area (Å²) in [5.74, 6) is -0.747. The van der Waals surface area contributed by atoms with Gasteiger partial charge in [-0.05, 0) is 76.9 Å². The smallest absolute Gasteiger partial charge is 0.244 e. The Balaban J connectivity index is 1.72. The molecule has 0 unspecified atom stereocenters. The molecule has 1 fully saturated rings. The SMILES string of the molecule is CS(=O)(=O)N(CC(=O)N(Cc1ccccc1Cl)[C@@H](Cc1ccccc1)C(=O)NC1CCCC1)c1ccc(I)cc1. The Labute approximate surface area is 255 Å². The van der Waals surface area contributed by atoms with Crippen LogP contribution in [0.25, 0.3) is 0 Å². The van der Waals surface area contributed by atoms with E-state index in [0.29, 0.717) is 16.3 Å². The molecule has 3 aromatic rings. The van der Waals surface area contributed by atoms with Gasteiger partial charge >= 0.3 is 0 Å². The first-order valence-electron chi connectivity index (χ1n) is 13.2. The van der Waals surface area contributed by atoms with E-state index in [2.05, 4.69) is 27.9 Å². The first kappa shape index (κ1) is 30.3. The van der Waals surface area contributed by atoms with Crippen LogP contribution in [0, 0.1) is 3.57 Å². The van der Waals surface area contributed by atoms with E-state index in [1.54, 1.807) is 36.4 Å². The quantitative estimate of drug-likeness (QED) is 0.273. The first-order valence-corrected chi connectivity index (χ1v) is 16.5. The average molecular weight is 694 g/mol. The molecule has 1 aliphatic rings. The largest absolute Gasteiger partial charge is 0.352 e. The van der Waals surface area contributed by atoms with Gasteiger partial charge in [-0.25, -0.2) is 8.42 Å². The number of nitrogens with zero attached hydrogens (tertiary/aromatic N) is 2. The second-order valence-electron chi connectivity index (χ2n) is 10.1. The second-order valence-corrected chi connectivity index (χ2v) is 13.6. The van der Waals surface area contributed by atoms with Crippen molar-refractivity contribution in [2.75, 3.05) is 17.1 Å². The van der Waals surface area contributed by atoms with Crippen LogP contribution >= 0.6 is 34.2 Å². The summed E-state index contributed by atoms with van der Waals surface area (Å²) >= 11 is 8.64. The third-order valence-corrected chi connectivity index (χ3v) is 9.29. The van der Waals surface area contributed by atoms with Gasteiger partial charge in [0.2, 0.25) is 21.8 Å². The van der Waals surface area contributed by atoms with Crippen LogP contribution in [0.4, 0.5) is 5.69 Å². The summed E-state index contributed by atoms with van der Waals surface area (Å²) in [6.45, 7) is -0.399. The highest BCUT2D eigenvalue weighted by Gasteiger charge is 2.34. The Kier molecular flexibility index (Phi) is 10.5. The molecule has 3 aromatic carbocycles. The van der Waals surface area contributed by atoms with Crippen molar-refractivity contribution in [1.29, 1.82) is 0 Å². The van der Waals surface area contributed by atoms with Crippen LogP contribution < -0.4 is 9.62 Å². The molecule has 1 aliphatic carbocycles. The van der Waals surface area contributed by atoms with Crippen LogP contribution in [0.2, 0.25) is 5.02 Å². The monoisotopic (exact) mass is 693 g/mol. The fourth-order valence-electron chi connectivity index (χ4n) is 4.95. The van der Waals surface area contributed by atoms with Crippen molar-refractivity contribution < 1.29 is 18.0 Å². The van der Waals surface area contributed by atoms with E-state index in [1.165, 1.54) is 4.90 Å². The van der Waals surface area contributed by atoms with E-state index in [9.17, 15) is 18.0 Å². The lowest BCUT2D eigenvalue weighted by molar-refractivity contribution is -0.140. The number of sulfonamides is 1. The lowest BCUT2D eigenvalue weighted by Gasteiger charge is -2.34. The number of anilines is 1. The van der Waals surface area contributed by atoms with Gasteiger partial charge in [-0.1, -0.05) is 73.0 Å². The fourth-order valence-corrected chi connectivity index (χ4v) is 6.36. The molecule has 2 amide bonds. The van der Waals surface area contributed by atoms with E-state index in [-0.39, 0.29) is 24.9 Å². The lowest BCUT2D eigenvalue weighted by Crippen LogP contribution is -2.54. The van der Waals surface area contributed by atoms with Gasteiger partial charge in [0.15, 0.2) is 0 Å². The average Bonchev–Trinajstić information content (AvgIpc) is 3.44. The number of hydrogen-bond acceptors (Lipinski definition) is 4.